The monoisotopic (exact) mass is 761 g/mol. The smallest absolute Gasteiger partial charge is 0.330 e. The van der Waals surface area contributed by atoms with Crippen LogP contribution in [0, 0.1) is 124 Å². The molecule has 2 unspecified atom stereocenters. The average molecular weight is 762 g/mol. The van der Waals surface area contributed by atoms with Crippen LogP contribution in [-0.2, 0) is 30.3 Å². The third-order valence-corrected chi connectivity index (χ3v) is 8.36. The molecule has 0 amide bonds. The first kappa shape index (κ1) is 43.5. The molecule has 0 bridgehead atoms. The molecule has 1 aromatic heterocycles. The molecular formula is C40H32N3O7PS2. The molecule has 0 radical (unpaired) electrons. The van der Waals surface area contributed by atoms with Crippen molar-refractivity contribution in [3.8, 4) is 118 Å². The van der Waals surface area contributed by atoms with Gasteiger partial charge >= 0.3 is 12.4 Å². The zero-order chi connectivity index (χ0) is 38.6. The van der Waals surface area contributed by atoms with Crippen LogP contribution in [0.1, 0.15) is 38.8 Å². The summed E-state index contributed by atoms with van der Waals surface area (Å²) < 4.78 is 23.5. The normalized spacial score (nSPS) is 16.9. The lowest BCUT2D eigenvalue weighted by molar-refractivity contribution is -0.0547. The van der Waals surface area contributed by atoms with Crippen LogP contribution in [0.25, 0.3) is 0 Å². The third kappa shape index (κ3) is 18.4. The summed E-state index contributed by atoms with van der Waals surface area (Å²) in [6.45, 7) is -1.15. The van der Waals surface area contributed by atoms with E-state index in [9.17, 15) is 14.5 Å². The van der Waals surface area contributed by atoms with Gasteiger partial charge in [-0.2, -0.15) is 0 Å². The number of nitrogens with zero attached hydrogens (tertiary/aromatic N) is 1. The maximum absolute atomic E-state index is 12.6. The number of aromatic amines is 1. The van der Waals surface area contributed by atoms with Gasteiger partial charge in [-0.15, -0.1) is 0 Å². The molecule has 5 atom stereocenters. The summed E-state index contributed by atoms with van der Waals surface area (Å²) in [6.07, 6.45) is 5.96. The highest BCUT2D eigenvalue weighted by atomic mass is 32.5. The summed E-state index contributed by atoms with van der Waals surface area (Å²) >= 11 is 10.3. The average Bonchev–Trinajstić information content (AvgIpc) is 3.45. The van der Waals surface area contributed by atoms with Gasteiger partial charge in [-0.1, -0.05) is 30.3 Å². The molecule has 10 nitrogen and oxygen atoms in total. The van der Waals surface area contributed by atoms with Gasteiger partial charge in [0.1, 0.15) is 18.4 Å². The molecular weight excluding hydrogens is 730 g/mol. The fourth-order valence-electron chi connectivity index (χ4n) is 4.24. The van der Waals surface area contributed by atoms with E-state index >= 15 is 0 Å². The van der Waals surface area contributed by atoms with Crippen molar-refractivity contribution in [2.24, 2.45) is 5.92 Å². The maximum atomic E-state index is 12.6. The Kier molecular flexibility index (Phi) is 21.5. The topological polar surface area (TPSA) is 124 Å². The van der Waals surface area contributed by atoms with E-state index in [1.165, 1.54) is 31.0 Å². The number of unbranched alkanes of at least 4 members (excludes halogenated alkanes) is 2. The first-order valence-corrected chi connectivity index (χ1v) is 18.6. The van der Waals surface area contributed by atoms with Crippen LogP contribution < -0.4 is 16.6 Å². The van der Waals surface area contributed by atoms with E-state index in [2.05, 4.69) is 129 Å². The van der Waals surface area contributed by atoms with Gasteiger partial charge < -0.3 is 28.7 Å². The van der Waals surface area contributed by atoms with E-state index < -0.39 is 42.3 Å². The van der Waals surface area contributed by atoms with Gasteiger partial charge in [0.05, 0.1) is 6.61 Å². The molecule has 13 heteroatoms. The van der Waals surface area contributed by atoms with Crippen LogP contribution in [0.2, 0.25) is 0 Å². The lowest BCUT2D eigenvalue weighted by Gasteiger charge is -2.26. The zero-order valence-electron chi connectivity index (χ0n) is 29.0. The Morgan fingerprint density at radius 2 is 1.49 bits per heavy atom. The van der Waals surface area contributed by atoms with Gasteiger partial charge in [-0.3, -0.25) is 14.3 Å². The van der Waals surface area contributed by atoms with Crippen LogP contribution in [0.15, 0.2) is 34.0 Å². The minimum absolute atomic E-state index is 0.115. The van der Waals surface area contributed by atoms with Crippen LogP contribution in [0.4, 0.5) is 0 Å². The number of methoxy groups -OCH3 is 1. The zero-order valence-corrected chi connectivity index (χ0v) is 31.5. The minimum atomic E-state index is -3.58. The van der Waals surface area contributed by atoms with Crippen molar-refractivity contribution in [1.82, 2.24) is 14.9 Å². The fraction of sp³-hybridized carbons (Fsp3) is 0.325. The second kappa shape index (κ2) is 26.2. The number of ether oxygens (including phenoxy) is 2. The quantitative estimate of drug-likeness (QED) is 0.0906. The van der Waals surface area contributed by atoms with Crippen molar-refractivity contribution >= 4 is 35.7 Å². The van der Waals surface area contributed by atoms with E-state index in [0.29, 0.717) is 18.0 Å². The number of hydrogen-bond donors (Lipinski definition) is 3. The van der Waals surface area contributed by atoms with Crippen molar-refractivity contribution < 1.29 is 23.4 Å². The Morgan fingerprint density at radius 1 is 0.925 bits per heavy atom. The summed E-state index contributed by atoms with van der Waals surface area (Å²) in [4.78, 5) is 37.3. The number of H-pyrrole nitrogens is 1. The minimum Gasteiger partial charge on any atom is -0.382 e. The first-order chi connectivity index (χ1) is 25.7. The Balaban J connectivity index is 1.81. The third-order valence-electron chi connectivity index (χ3n) is 6.43. The number of thiocarbonyl (C=S) groups is 1. The van der Waals surface area contributed by atoms with Crippen LogP contribution in [0.3, 0.4) is 0 Å². The SMILES string of the molecule is CC#CC#CC#CC#CC#CC#CC#CC#CC#CC#CC(=S)NCCCC/C=C/C[C@H]1C(OP(O)(=S)OC)[C@@H](COC)O[C@H]1n1ccc(=O)[nH]c1=O. The molecule has 2 heterocycles. The number of aromatic nitrogens is 2. The van der Waals surface area contributed by atoms with Crippen LogP contribution in [0.5, 0.6) is 0 Å². The number of allylic oxidation sites excluding steroid dienone is 2. The predicted octanol–water partition coefficient (Wildman–Crippen LogP) is 2.03. The second-order valence-corrected chi connectivity index (χ2v) is 13.3. The van der Waals surface area contributed by atoms with Crippen LogP contribution in [-0.4, -0.2) is 59.0 Å². The van der Waals surface area contributed by atoms with Gasteiger partial charge in [0.25, 0.3) is 5.56 Å². The first-order valence-electron chi connectivity index (χ1n) is 15.6. The van der Waals surface area contributed by atoms with E-state index in [1.807, 2.05) is 12.2 Å². The van der Waals surface area contributed by atoms with Crippen LogP contribution >= 0.6 is 18.9 Å². The summed E-state index contributed by atoms with van der Waals surface area (Å²) in [5.74, 6) is 50.6. The molecule has 1 saturated heterocycles. The van der Waals surface area contributed by atoms with Gasteiger partial charge in [0.2, 0.25) is 0 Å². The number of nitrogens with one attached hydrogen (secondary N) is 2. The molecule has 2 rings (SSSR count). The molecule has 1 aliphatic rings. The lowest BCUT2D eigenvalue weighted by atomic mass is 9.95. The van der Waals surface area contributed by atoms with Crippen molar-refractivity contribution in [2.75, 3.05) is 27.4 Å². The molecule has 1 aromatic rings. The van der Waals surface area contributed by atoms with Crippen molar-refractivity contribution in [3.05, 3.63) is 45.3 Å². The van der Waals surface area contributed by atoms with E-state index in [-0.39, 0.29) is 6.61 Å². The Bertz CT molecular complexity index is 2340. The second-order valence-electron chi connectivity index (χ2n) is 10.0. The highest BCUT2D eigenvalue weighted by Gasteiger charge is 2.48. The molecule has 1 aliphatic heterocycles. The largest absolute Gasteiger partial charge is 0.382 e. The van der Waals surface area contributed by atoms with Crippen molar-refractivity contribution in [2.45, 2.75) is 51.0 Å². The van der Waals surface area contributed by atoms with Gasteiger partial charge in [-0.25, -0.2) is 4.79 Å². The van der Waals surface area contributed by atoms with E-state index in [4.69, 9.17) is 42.5 Å². The highest BCUT2D eigenvalue weighted by molar-refractivity contribution is 8.07. The number of rotatable bonds is 13. The molecule has 0 aliphatic carbocycles. The van der Waals surface area contributed by atoms with Gasteiger partial charge in [0, 0.05) is 50.8 Å². The Morgan fingerprint density at radius 3 is 2.02 bits per heavy atom. The predicted molar refractivity (Wildman–Crippen MR) is 211 cm³/mol. The fourth-order valence-corrected chi connectivity index (χ4v) is 5.38. The highest BCUT2D eigenvalue weighted by Crippen LogP contribution is 2.50. The molecule has 266 valence electrons. The van der Waals surface area contributed by atoms with Crippen molar-refractivity contribution in [3.63, 3.8) is 0 Å². The van der Waals surface area contributed by atoms with Gasteiger partial charge in [0.15, 0.2) is 4.99 Å². The lowest BCUT2D eigenvalue weighted by Crippen LogP contribution is -2.35. The van der Waals surface area contributed by atoms with E-state index in [1.54, 1.807) is 6.92 Å². The Hall–Kier alpha value is -5.64. The standard InChI is InChI=1S/C40H32N3O7PS2/c1-4-5-6-7-8-9-10-11-12-13-14-15-16-17-18-19-20-23-26-29-37(52)41-31-27-24-21-22-25-28-34-38(50-51(46,53)48-3)35(33-47-2)49-39(34)43-32-30-36(44)42-40(43)45/h22,25,30,32,34-35,38-39H,21,24,27-28,31,33H2,1-3H3,(H,41,52)(H,46,53)(H,42,44,45)/b25-22+/t34-,35+,38?,39+,51?/m0/s1. The molecule has 53 heavy (non-hydrogen) atoms. The molecule has 0 aromatic carbocycles. The van der Waals surface area contributed by atoms with E-state index in [0.717, 1.165) is 19.3 Å². The summed E-state index contributed by atoms with van der Waals surface area (Å²) in [6, 6.07) is 1.23. The molecule has 0 spiro atoms. The maximum Gasteiger partial charge on any atom is 0.330 e. The summed E-state index contributed by atoms with van der Waals surface area (Å²) in [7, 11) is 2.76. The van der Waals surface area contributed by atoms with Crippen molar-refractivity contribution in [1.29, 1.82) is 0 Å². The number of hydrogen-bond acceptors (Lipinski definition) is 8. The Labute approximate surface area is 320 Å². The summed E-state index contributed by atoms with van der Waals surface area (Å²) in [5.41, 5.74) is -1.17. The molecule has 0 saturated carbocycles. The van der Waals surface area contributed by atoms with Gasteiger partial charge in [-0.05, 0) is 145 Å². The molecule has 1 fully saturated rings. The summed E-state index contributed by atoms with van der Waals surface area (Å²) in [5, 5.41) is 3.07. The molecule has 3 N–H and O–H groups in total.